The first-order chi connectivity index (χ1) is 10.4. The maximum atomic E-state index is 11.5. The molecule has 1 rings (SSSR count). The number of carbonyl (C=O) groups excluding carboxylic acids is 3. The summed E-state index contributed by atoms with van der Waals surface area (Å²) in [6.45, 7) is 3.00. The van der Waals surface area contributed by atoms with Crippen molar-refractivity contribution < 1.29 is 19.1 Å². The number of amides is 3. The van der Waals surface area contributed by atoms with Crippen molar-refractivity contribution in [2.45, 2.75) is 19.9 Å². The predicted molar refractivity (Wildman–Crippen MR) is 85.9 cm³/mol. The molecule has 0 saturated carbocycles. The van der Waals surface area contributed by atoms with Gasteiger partial charge in [0.15, 0.2) is 6.61 Å². The van der Waals surface area contributed by atoms with Gasteiger partial charge < -0.3 is 10.1 Å². The monoisotopic (exact) mass is 368 g/mol. The highest BCUT2D eigenvalue weighted by atomic mass is 79.9. The number of hydrogen-bond acceptors (Lipinski definition) is 4. The first kappa shape index (κ1) is 17.9. The van der Waals surface area contributed by atoms with Gasteiger partial charge in [-0.3, -0.25) is 10.1 Å². The molecule has 1 aromatic rings. The maximum Gasteiger partial charge on any atom is 0.331 e. The molecule has 22 heavy (non-hydrogen) atoms. The van der Waals surface area contributed by atoms with Gasteiger partial charge in [0, 0.05) is 16.6 Å². The van der Waals surface area contributed by atoms with Gasteiger partial charge in [0.1, 0.15) is 0 Å². The van der Waals surface area contributed by atoms with E-state index in [0.29, 0.717) is 0 Å². The average Bonchev–Trinajstić information content (AvgIpc) is 2.43. The molecular weight excluding hydrogens is 352 g/mol. The van der Waals surface area contributed by atoms with Gasteiger partial charge in [-0.1, -0.05) is 34.1 Å². The number of carbonyl (C=O) groups is 3. The van der Waals surface area contributed by atoms with E-state index in [1.807, 2.05) is 24.3 Å². The summed E-state index contributed by atoms with van der Waals surface area (Å²) in [5.74, 6) is -1.36. The molecule has 2 N–H and O–H groups in total. The molecule has 0 aliphatic heterocycles. The highest BCUT2D eigenvalue weighted by Gasteiger charge is 2.10. The molecule has 3 amide bonds. The van der Waals surface area contributed by atoms with Crippen LogP contribution in [0.15, 0.2) is 34.8 Å². The number of imide groups is 1. The second-order valence-electron chi connectivity index (χ2n) is 4.64. The molecule has 6 nitrogen and oxygen atoms in total. The molecule has 0 aromatic heterocycles. The Bertz CT molecular complexity index is 585. The number of rotatable bonds is 5. The van der Waals surface area contributed by atoms with Crippen LogP contribution in [0.4, 0.5) is 4.79 Å². The van der Waals surface area contributed by atoms with Crippen LogP contribution in [0.25, 0.3) is 6.08 Å². The number of hydrogen-bond donors (Lipinski definition) is 2. The Labute approximate surface area is 137 Å². The van der Waals surface area contributed by atoms with Gasteiger partial charge in [-0.15, -0.1) is 0 Å². The quantitative estimate of drug-likeness (QED) is 0.616. The predicted octanol–water partition coefficient (Wildman–Crippen LogP) is 2.24. The topological polar surface area (TPSA) is 84.5 Å². The third kappa shape index (κ3) is 7.03. The smallest absolute Gasteiger partial charge is 0.331 e. The first-order valence-corrected chi connectivity index (χ1v) is 7.37. The van der Waals surface area contributed by atoms with E-state index in [1.54, 1.807) is 19.9 Å². The molecule has 0 unspecified atom stereocenters. The number of ether oxygens (including phenoxy) is 1. The van der Waals surface area contributed by atoms with Crippen molar-refractivity contribution in [3.63, 3.8) is 0 Å². The van der Waals surface area contributed by atoms with Crippen LogP contribution >= 0.6 is 15.9 Å². The Kier molecular flexibility index (Phi) is 7.31. The number of benzene rings is 1. The molecule has 0 fully saturated rings. The third-order valence-electron chi connectivity index (χ3n) is 2.32. The second-order valence-corrected chi connectivity index (χ2v) is 5.49. The standard InChI is InChI=1S/C15H17BrN2O4/c1-10(2)17-15(21)18-13(19)9-22-14(20)8-7-11-5-3-4-6-12(11)16/h3-8,10H,9H2,1-2H3,(H2,17,18,19,21)/b8-7+. The van der Waals surface area contributed by atoms with Crippen LogP contribution in [0.1, 0.15) is 19.4 Å². The van der Waals surface area contributed by atoms with E-state index in [0.717, 1.165) is 10.0 Å². The van der Waals surface area contributed by atoms with Crippen molar-refractivity contribution in [1.29, 1.82) is 0 Å². The summed E-state index contributed by atoms with van der Waals surface area (Å²) in [6.07, 6.45) is 2.78. The lowest BCUT2D eigenvalue weighted by atomic mass is 10.2. The van der Waals surface area contributed by atoms with Crippen molar-refractivity contribution in [3.05, 3.63) is 40.4 Å². The molecule has 1 aromatic carbocycles. The Morgan fingerprint density at radius 3 is 2.59 bits per heavy atom. The molecule has 7 heteroatoms. The number of halogens is 1. The van der Waals surface area contributed by atoms with E-state index in [2.05, 4.69) is 26.6 Å². The first-order valence-electron chi connectivity index (χ1n) is 6.58. The summed E-state index contributed by atoms with van der Waals surface area (Å²) in [4.78, 5) is 34.1. The highest BCUT2D eigenvalue weighted by Crippen LogP contribution is 2.16. The number of urea groups is 1. The Morgan fingerprint density at radius 1 is 1.27 bits per heavy atom. The zero-order valence-electron chi connectivity index (χ0n) is 12.3. The molecule has 0 aliphatic carbocycles. The molecule has 0 radical (unpaired) electrons. The van der Waals surface area contributed by atoms with Gasteiger partial charge in [-0.05, 0) is 31.6 Å². The fraction of sp³-hybridized carbons (Fsp3) is 0.267. The molecule has 0 atom stereocenters. The number of esters is 1. The lowest BCUT2D eigenvalue weighted by molar-refractivity contribution is -0.143. The van der Waals surface area contributed by atoms with Crippen LogP contribution in [0.3, 0.4) is 0 Å². The van der Waals surface area contributed by atoms with Crippen LogP contribution in [-0.2, 0) is 14.3 Å². The lowest BCUT2D eigenvalue weighted by Crippen LogP contribution is -2.43. The fourth-order valence-electron chi connectivity index (χ4n) is 1.41. The summed E-state index contributed by atoms with van der Waals surface area (Å²) >= 11 is 3.34. The van der Waals surface area contributed by atoms with E-state index in [9.17, 15) is 14.4 Å². The summed E-state index contributed by atoms with van der Waals surface area (Å²) in [5, 5.41) is 4.54. The third-order valence-corrected chi connectivity index (χ3v) is 3.04. The van der Waals surface area contributed by atoms with Crippen molar-refractivity contribution in [3.8, 4) is 0 Å². The Balaban J connectivity index is 2.38. The second kappa shape index (κ2) is 8.99. The van der Waals surface area contributed by atoms with Crippen molar-refractivity contribution >= 4 is 39.9 Å². The van der Waals surface area contributed by atoms with Gasteiger partial charge in [0.2, 0.25) is 0 Å². The van der Waals surface area contributed by atoms with E-state index < -0.39 is 24.5 Å². The molecule has 0 bridgehead atoms. The molecule has 0 heterocycles. The molecule has 0 saturated heterocycles. The van der Waals surface area contributed by atoms with Crippen LogP contribution in [-0.4, -0.2) is 30.6 Å². The van der Waals surface area contributed by atoms with Crippen LogP contribution in [0, 0.1) is 0 Å². The van der Waals surface area contributed by atoms with E-state index in [1.165, 1.54) is 6.08 Å². The largest absolute Gasteiger partial charge is 0.452 e. The summed E-state index contributed by atoms with van der Waals surface area (Å²) in [5.41, 5.74) is 0.806. The van der Waals surface area contributed by atoms with Gasteiger partial charge in [-0.2, -0.15) is 0 Å². The van der Waals surface area contributed by atoms with Crippen LogP contribution < -0.4 is 10.6 Å². The Hall–Kier alpha value is -2.15. The van der Waals surface area contributed by atoms with Gasteiger partial charge >= 0.3 is 12.0 Å². The zero-order chi connectivity index (χ0) is 16.5. The summed E-state index contributed by atoms with van der Waals surface area (Å²) < 4.78 is 5.57. The van der Waals surface area contributed by atoms with Crippen molar-refractivity contribution in [2.75, 3.05) is 6.61 Å². The fourth-order valence-corrected chi connectivity index (χ4v) is 1.83. The maximum absolute atomic E-state index is 11.5. The van der Waals surface area contributed by atoms with Crippen molar-refractivity contribution in [2.24, 2.45) is 0 Å². The van der Waals surface area contributed by atoms with Gasteiger partial charge in [0.05, 0.1) is 0 Å². The van der Waals surface area contributed by atoms with E-state index >= 15 is 0 Å². The average molecular weight is 369 g/mol. The number of nitrogens with one attached hydrogen (secondary N) is 2. The van der Waals surface area contributed by atoms with Crippen molar-refractivity contribution in [1.82, 2.24) is 10.6 Å². The van der Waals surface area contributed by atoms with Crippen LogP contribution in [0.5, 0.6) is 0 Å². The Morgan fingerprint density at radius 2 is 1.95 bits per heavy atom. The summed E-state index contributed by atoms with van der Waals surface area (Å²) in [6, 6.07) is 6.62. The van der Waals surface area contributed by atoms with E-state index in [4.69, 9.17) is 4.74 Å². The highest BCUT2D eigenvalue weighted by molar-refractivity contribution is 9.10. The molecule has 0 aliphatic rings. The molecular formula is C15H17BrN2O4. The SMILES string of the molecule is CC(C)NC(=O)NC(=O)COC(=O)/C=C/c1ccccc1Br. The lowest BCUT2D eigenvalue weighted by Gasteiger charge is -2.08. The van der Waals surface area contributed by atoms with Gasteiger partial charge in [0.25, 0.3) is 5.91 Å². The minimum atomic E-state index is -0.694. The molecule has 118 valence electrons. The minimum Gasteiger partial charge on any atom is -0.452 e. The molecule has 0 spiro atoms. The normalized spacial score (nSPS) is 10.5. The van der Waals surface area contributed by atoms with E-state index in [-0.39, 0.29) is 6.04 Å². The minimum absolute atomic E-state index is 0.0948. The van der Waals surface area contributed by atoms with Crippen LogP contribution in [0.2, 0.25) is 0 Å². The zero-order valence-corrected chi connectivity index (χ0v) is 13.8. The van der Waals surface area contributed by atoms with Gasteiger partial charge in [-0.25, -0.2) is 9.59 Å². The summed E-state index contributed by atoms with van der Waals surface area (Å²) in [7, 11) is 0.